The molecule has 0 radical (unpaired) electrons. The molecule has 3 unspecified atom stereocenters. The zero-order chi connectivity index (χ0) is 12.0. The summed E-state index contributed by atoms with van der Waals surface area (Å²) in [6.45, 7) is 7.71. The van der Waals surface area contributed by atoms with Crippen LogP contribution >= 0.6 is 0 Å². The van der Waals surface area contributed by atoms with E-state index in [9.17, 15) is 5.11 Å². The maximum Gasteiger partial charge on any atom is 0.0549 e. The first-order valence-electron chi connectivity index (χ1n) is 6.73. The topological polar surface area (TPSA) is 35.5 Å². The summed E-state index contributed by atoms with van der Waals surface area (Å²) >= 11 is 0. The van der Waals surface area contributed by atoms with Crippen molar-refractivity contribution in [3.05, 3.63) is 0 Å². The molecule has 0 saturated carbocycles. The van der Waals surface area contributed by atoms with Gasteiger partial charge in [-0.3, -0.25) is 0 Å². The summed E-state index contributed by atoms with van der Waals surface area (Å²) in [5.74, 6) is 0.775. The third-order valence-corrected chi connectivity index (χ3v) is 3.78. The molecule has 1 aliphatic rings. The lowest BCUT2D eigenvalue weighted by atomic mass is 9.92. The molecule has 3 atom stereocenters. The smallest absolute Gasteiger partial charge is 0.0549 e. The molecule has 96 valence electrons. The van der Waals surface area contributed by atoms with Gasteiger partial charge in [-0.2, -0.15) is 0 Å². The van der Waals surface area contributed by atoms with Crippen molar-refractivity contribution in [3.63, 3.8) is 0 Å². The predicted molar refractivity (Wildman–Crippen MR) is 68.6 cm³/mol. The molecule has 16 heavy (non-hydrogen) atoms. The quantitative estimate of drug-likeness (QED) is 0.722. The zero-order valence-electron chi connectivity index (χ0n) is 11.1. The number of hydrogen-bond acceptors (Lipinski definition) is 3. The average Bonchev–Trinajstić information content (AvgIpc) is 2.28. The van der Waals surface area contributed by atoms with Gasteiger partial charge in [0.05, 0.1) is 6.10 Å². The van der Waals surface area contributed by atoms with Crippen molar-refractivity contribution in [2.75, 3.05) is 26.7 Å². The fraction of sp³-hybridized carbons (Fsp3) is 1.00. The van der Waals surface area contributed by atoms with Gasteiger partial charge in [0.15, 0.2) is 0 Å². The number of nitrogens with one attached hydrogen (secondary N) is 1. The molecule has 1 saturated heterocycles. The van der Waals surface area contributed by atoms with Crippen LogP contribution in [0.3, 0.4) is 0 Å². The van der Waals surface area contributed by atoms with Gasteiger partial charge in [0.2, 0.25) is 0 Å². The summed E-state index contributed by atoms with van der Waals surface area (Å²) < 4.78 is 0. The molecule has 3 heteroatoms. The molecule has 2 N–H and O–H groups in total. The van der Waals surface area contributed by atoms with E-state index >= 15 is 0 Å². The molecule has 0 spiro atoms. The van der Waals surface area contributed by atoms with Crippen molar-refractivity contribution >= 4 is 0 Å². The van der Waals surface area contributed by atoms with E-state index in [4.69, 9.17) is 0 Å². The average molecular weight is 228 g/mol. The molecule has 1 rings (SSSR count). The standard InChI is InChI=1S/C13H28N2O/c1-4-13(16)7-8-14-11(2)12-6-5-9-15(3)10-12/h11-14,16H,4-10H2,1-3H3. The van der Waals surface area contributed by atoms with Crippen molar-refractivity contribution < 1.29 is 5.11 Å². The molecule has 1 aliphatic heterocycles. The Morgan fingerprint density at radius 2 is 2.25 bits per heavy atom. The molecule has 0 aromatic heterocycles. The molecule has 1 fully saturated rings. The van der Waals surface area contributed by atoms with Gasteiger partial charge in [-0.25, -0.2) is 0 Å². The van der Waals surface area contributed by atoms with Gasteiger partial charge >= 0.3 is 0 Å². The molecule has 0 aromatic rings. The molecular weight excluding hydrogens is 200 g/mol. The lowest BCUT2D eigenvalue weighted by molar-refractivity contribution is 0.149. The maximum atomic E-state index is 9.47. The molecule has 1 heterocycles. The highest BCUT2D eigenvalue weighted by molar-refractivity contribution is 4.79. The van der Waals surface area contributed by atoms with Gasteiger partial charge in [-0.15, -0.1) is 0 Å². The van der Waals surface area contributed by atoms with E-state index in [1.165, 1.54) is 25.9 Å². The first kappa shape index (κ1) is 13.9. The summed E-state index contributed by atoms with van der Waals surface area (Å²) in [7, 11) is 2.21. The van der Waals surface area contributed by atoms with E-state index < -0.39 is 0 Å². The van der Waals surface area contributed by atoms with Gasteiger partial charge in [-0.05, 0) is 58.7 Å². The molecule has 0 amide bonds. The van der Waals surface area contributed by atoms with Crippen molar-refractivity contribution in [2.45, 2.75) is 51.7 Å². The SMILES string of the molecule is CCC(O)CCNC(C)C1CCCN(C)C1. The van der Waals surface area contributed by atoms with E-state index in [1.54, 1.807) is 0 Å². The van der Waals surface area contributed by atoms with E-state index in [1.807, 2.05) is 6.92 Å². The Kier molecular flexibility index (Phi) is 6.32. The summed E-state index contributed by atoms with van der Waals surface area (Å²) in [6.07, 6.45) is 4.28. The maximum absolute atomic E-state index is 9.47. The highest BCUT2D eigenvalue weighted by Gasteiger charge is 2.22. The number of aliphatic hydroxyl groups excluding tert-OH is 1. The summed E-state index contributed by atoms with van der Waals surface area (Å²) in [5.41, 5.74) is 0. The number of likely N-dealkylation sites (tertiary alicyclic amines) is 1. The van der Waals surface area contributed by atoms with Crippen molar-refractivity contribution in [2.24, 2.45) is 5.92 Å². The lowest BCUT2D eigenvalue weighted by Gasteiger charge is -2.34. The van der Waals surface area contributed by atoms with Gasteiger partial charge in [0, 0.05) is 12.6 Å². The van der Waals surface area contributed by atoms with E-state index in [-0.39, 0.29) is 6.10 Å². The van der Waals surface area contributed by atoms with Gasteiger partial charge in [0.1, 0.15) is 0 Å². The molecular formula is C13H28N2O. The van der Waals surface area contributed by atoms with E-state index in [2.05, 4.69) is 24.2 Å². The third-order valence-electron chi connectivity index (χ3n) is 3.78. The van der Waals surface area contributed by atoms with Crippen LogP contribution in [0, 0.1) is 5.92 Å². The van der Waals surface area contributed by atoms with Crippen LogP contribution < -0.4 is 5.32 Å². The molecule has 0 aliphatic carbocycles. The Labute approximate surface area is 100 Å². The highest BCUT2D eigenvalue weighted by atomic mass is 16.3. The molecule has 0 bridgehead atoms. The largest absolute Gasteiger partial charge is 0.393 e. The Morgan fingerprint density at radius 1 is 1.50 bits per heavy atom. The Balaban J connectivity index is 2.16. The minimum Gasteiger partial charge on any atom is -0.393 e. The predicted octanol–water partition coefficient (Wildman–Crippen LogP) is 1.47. The van der Waals surface area contributed by atoms with Crippen molar-refractivity contribution in [1.82, 2.24) is 10.2 Å². The molecule has 0 aromatic carbocycles. The van der Waals surface area contributed by atoms with Crippen LogP contribution in [0.25, 0.3) is 0 Å². The molecule has 3 nitrogen and oxygen atoms in total. The number of nitrogens with zero attached hydrogens (tertiary/aromatic N) is 1. The second-order valence-electron chi connectivity index (χ2n) is 5.26. The first-order chi connectivity index (χ1) is 7.63. The summed E-state index contributed by atoms with van der Waals surface area (Å²) in [5, 5.41) is 13.0. The number of aliphatic hydroxyl groups is 1. The van der Waals surface area contributed by atoms with Crippen molar-refractivity contribution in [3.8, 4) is 0 Å². The van der Waals surface area contributed by atoms with Crippen LogP contribution in [0.1, 0.15) is 39.5 Å². The summed E-state index contributed by atoms with van der Waals surface area (Å²) in [4.78, 5) is 2.42. The fourth-order valence-electron chi connectivity index (χ4n) is 2.46. The second kappa shape index (κ2) is 7.25. The monoisotopic (exact) mass is 228 g/mol. The number of rotatable bonds is 6. The Bertz CT molecular complexity index is 187. The second-order valence-corrected chi connectivity index (χ2v) is 5.26. The van der Waals surface area contributed by atoms with Gasteiger partial charge in [-0.1, -0.05) is 6.92 Å². The number of hydrogen-bond donors (Lipinski definition) is 2. The minimum absolute atomic E-state index is 0.131. The van der Waals surface area contributed by atoms with Gasteiger partial charge in [0.25, 0.3) is 0 Å². The highest BCUT2D eigenvalue weighted by Crippen LogP contribution is 2.18. The third kappa shape index (κ3) is 4.81. The first-order valence-corrected chi connectivity index (χ1v) is 6.73. The van der Waals surface area contributed by atoms with Crippen LogP contribution in [0.4, 0.5) is 0 Å². The van der Waals surface area contributed by atoms with Crippen LogP contribution in [0.15, 0.2) is 0 Å². The van der Waals surface area contributed by atoms with Crippen LogP contribution in [0.5, 0.6) is 0 Å². The number of piperidine rings is 1. The van der Waals surface area contributed by atoms with E-state index in [0.717, 1.165) is 25.3 Å². The Hall–Kier alpha value is -0.120. The van der Waals surface area contributed by atoms with E-state index in [0.29, 0.717) is 6.04 Å². The van der Waals surface area contributed by atoms with Gasteiger partial charge < -0.3 is 15.3 Å². The lowest BCUT2D eigenvalue weighted by Crippen LogP contribution is -2.43. The van der Waals surface area contributed by atoms with Crippen LogP contribution in [-0.2, 0) is 0 Å². The fourth-order valence-corrected chi connectivity index (χ4v) is 2.46. The normalized spacial score (nSPS) is 26.6. The summed E-state index contributed by atoms with van der Waals surface area (Å²) in [6, 6.07) is 0.576. The van der Waals surface area contributed by atoms with Crippen molar-refractivity contribution in [1.29, 1.82) is 0 Å². The Morgan fingerprint density at radius 3 is 2.88 bits per heavy atom. The zero-order valence-corrected chi connectivity index (χ0v) is 11.1. The van der Waals surface area contributed by atoms with Crippen LogP contribution in [-0.4, -0.2) is 48.8 Å². The van der Waals surface area contributed by atoms with Crippen LogP contribution in [0.2, 0.25) is 0 Å². The minimum atomic E-state index is -0.131.